The van der Waals surface area contributed by atoms with Crippen molar-refractivity contribution >= 4 is 12.4 Å². The maximum atomic E-state index is 9.30. The fourth-order valence-corrected chi connectivity index (χ4v) is 1.33. The second-order valence-electron chi connectivity index (χ2n) is 3.66. The van der Waals surface area contributed by atoms with Crippen molar-refractivity contribution in [2.24, 2.45) is 11.7 Å². The molecule has 4 heteroatoms. The smallest absolute Gasteiger partial charge is 0.157 e. The Hall–Kier alpha value is -0.930. The van der Waals surface area contributed by atoms with Crippen molar-refractivity contribution in [2.75, 3.05) is 0 Å². The Labute approximate surface area is 96.3 Å². The summed E-state index contributed by atoms with van der Waals surface area (Å²) in [5, 5.41) is 18.4. The molecule has 0 amide bonds. The molecule has 0 saturated heterocycles. The summed E-state index contributed by atoms with van der Waals surface area (Å²) in [6, 6.07) is 4.64. The lowest BCUT2D eigenvalue weighted by molar-refractivity contribution is 0.399. The van der Waals surface area contributed by atoms with Gasteiger partial charge in [0.15, 0.2) is 11.5 Å². The zero-order chi connectivity index (χ0) is 10.7. The third-order valence-electron chi connectivity index (χ3n) is 2.64. The van der Waals surface area contributed by atoms with Crippen LogP contribution in [0.2, 0.25) is 0 Å². The quantitative estimate of drug-likeness (QED) is 0.701. The van der Waals surface area contributed by atoms with Gasteiger partial charge in [-0.15, -0.1) is 12.4 Å². The summed E-state index contributed by atoms with van der Waals surface area (Å²) in [5.74, 6) is 0.144. The van der Waals surface area contributed by atoms with Crippen molar-refractivity contribution in [3.63, 3.8) is 0 Å². The molecule has 3 nitrogen and oxygen atoms in total. The Morgan fingerprint density at radius 2 is 1.87 bits per heavy atom. The molecular formula is C11H18ClNO2. The standard InChI is InChI=1S/C11H17NO2.ClH/c1-3-7(2)11(12)8-4-5-9(13)10(14)6-8;/h4-7,11,13-14H,3,12H2,1-2H3;1H/t7?,11-;/m0./s1. The molecule has 2 atom stereocenters. The van der Waals surface area contributed by atoms with Crippen LogP contribution >= 0.6 is 12.4 Å². The molecular weight excluding hydrogens is 214 g/mol. The van der Waals surface area contributed by atoms with Crippen LogP contribution in [-0.4, -0.2) is 10.2 Å². The van der Waals surface area contributed by atoms with Crippen molar-refractivity contribution in [2.45, 2.75) is 26.3 Å². The molecule has 0 aliphatic rings. The second-order valence-corrected chi connectivity index (χ2v) is 3.66. The molecule has 0 fully saturated rings. The van der Waals surface area contributed by atoms with Gasteiger partial charge in [0, 0.05) is 6.04 Å². The van der Waals surface area contributed by atoms with E-state index in [0.29, 0.717) is 5.92 Å². The highest BCUT2D eigenvalue weighted by Gasteiger charge is 2.14. The molecule has 0 radical (unpaired) electrons. The molecule has 0 aliphatic carbocycles. The minimum absolute atomic E-state index is 0. The molecule has 1 unspecified atom stereocenters. The molecule has 0 bridgehead atoms. The number of phenols is 2. The highest BCUT2D eigenvalue weighted by atomic mass is 35.5. The minimum atomic E-state index is -0.110. The van der Waals surface area contributed by atoms with E-state index in [4.69, 9.17) is 10.8 Å². The number of nitrogens with two attached hydrogens (primary N) is 1. The lowest BCUT2D eigenvalue weighted by Crippen LogP contribution is -2.18. The van der Waals surface area contributed by atoms with Gasteiger partial charge in [-0.3, -0.25) is 0 Å². The zero-order valence-corrected chi connectivity index (χ0v) is 9.79. The maximum absolute atomic E-state index is 9.30. The first-order valence-corrected chi connectivity index (χ1v) is 4.83. The number of hydrogen-bond donors (Lipinski definition) is 3. The number of hydrogen-bond acceptors (Lipinski definition) is 3. The normalized spacial score (nSPS) is 14.1. The second kappa shape index (κ2) is 5.83. The van der Waals surface area contributed by atoms with Crippen LogP contribution in [0.3, 0.4) is 0 Å². The topological polar surface area (TPSA) is 66.5 Å². The maximum Gasteiger partial charge on any atom is 0.157 e. The molecule has 4 N–H and O–H groups in total. The van der Waals surface area contributed by atoms with Gasteiger partial charge in [0.05, 0.1) is 0 Å². The Balaban J connectivity index is 0.00000196. The Kier molecular flexibility index (Phi) is 5.47. The van der Waals surface area contributed by atoms with E-state index in [0.717, 1.165) is 12.0 Å². The Morgan fingerprint density at radius 1 is 1.27 bits per heavy atom. The first kappa shape index (κ1) is 14.1. The van der Waals surface area contributed by atoms with Crippen molar-refractivity contribution in [3.05, 3.63) is 23.8 Å². The van der Waals surface area contributed by atoms with Gasteiger partial charge >= 0.3 is 0 Å². The summed E-state index contributed by atoms with van der Waals surface area (Å²) in [6.07, 6.45) is 0.989. The predicted molar refractivity (Wildman–Crippen MR) is 63.4 cm³/mol. The van der Waals surface area contributed by atoms with Crippen LogP contribution in [0, 0.1) is 5.92 Å². The number of benzene rings is 1. The summed E-state index contributed by atoms with van der Waals surface area (Å²) in [4.78, 5) is 0. The van der Waals surface area contributed by atoms with E-state index >= 15 is 0 Å². The van der Waals surface area contributed by atoms with Crippen molar-refractivity contribution in [3.8, 4) is 11.5 Å². The molecule has 0 saturated carbocycles. The van der Waals surface area contributed by atoms with Crippen LogP contribution in [0.15, 0.2) is 18.2 Å². The zero-order valence-electron chi connectivity index (χ0n) is 8.97. The molecule has 0 heterocycles. The number of halogens is 1. The third-order valence-corrected chi connectivity index (χ3v) is 2.64. The predicted octanol–water partition coefficient (Wildman–Crippen LogP) is 2.57. The minimum Gasteiger partial charge on any atom is -0.504 e. The Bertz CT molecular complexity index is 317. The summed E-state index contributed by atoms with van der Waals surface area (Å²) < 4.78 is 0. The molecule has 1 aromatic carbocycles. The van der Waals surface area contributed by atoms with Gasteiger partial charge in [-0.25, -0.2) is 0 Å². The molecule has 1 rings (SSSR count). The lowest BCUT2D eigenvalue weighted by atomic mass is 9.93. The first-order chi connectivity index (χ1) is 6.56. The van der Waals surface area contributed by atoms with Crippen LogP contribution in [0.4, 0.5) is 0 Å². The number of aromatic hydroxyl groups is 2. The molecule has 1 aromatic rings. The van der Waals surface area contributed by atoms with Gasteiger partial charge in [-0.05, 0) is 23.6 Å². The van der Waals surface area contributed by atoms with Gasteiger partial charge < -0.3 is 15.9 Å². The monoisotopic (exact) mass is 231 g/mol. The largest absolute Gasteiger partial charge is 0.504 e. The molecule has 0 spiro atoms. The fourth-order valence-electron chi connectivity index (χ4n) is 1.33. The molecule has 0 aliphatic heterocycles. The summed E-state index contributed by atoms with van der Waals surface area (Å²) in [6.45, 7) is 4.14. The van der Waals surface area contributed by atoms with Crippen LogP contribution in [0.25, 0.3) is 0 Å². The van der Waals surface area contributed by atoms with Gasteiger partial charge in [-0.1, -0.05) is 26.3 Å². The molecule has 0 aromatic heterocycles. The highest BCUT2D eigenvalue weighted by molar-refractivity contribution is 5.85. The number of phenolic OH excluding ortho intramolecular Hbond substituents is 2. The third kappa shape index (κ3) is 3.29. The van der Waals surface area contributed by atoms with Crippen LogP contribution in [0.1, 0.15) is 31.9 Å². The van der Waals surface area contributed by atoms with Gasteiger partial charge in [0.1, 0.15) is 0 Å². The van der Waals surface area contributed by atoms with Gasteiger partial charge in [0.2, 0.25) is 0 Å². The van der Waals surface area contributed by atoms with E-state index in [1.54, 1.807) is 6.07 Å². The summed E-state index contributed by atoms with van der Waals surface area (Å²) >= 11 is 0. The van der Waals surface area contributed by atoms with Crippen molar-refractivity contribution in [1.29, 1.82) is 0 Å². The lowest BCUT2D eigenvalue weighted by Gasteiger charge is -2.18. The Morgan fingerprint density at radius 3 is 2.33 bits per heavy atom. The van der Waals surface area contributed by atoms with Gasteiger partial charge in [0.25, 0.3) is 0 Å². The van der Waals surface area contributed by atoms with Gasteiger partial charge in [-0.2, -0.15) is 0 Å². The molecule has 15 heavy (non-hydrogen) atoms. The van der Waals surface area contributed by atoms with Crippen LogP contribution in [-0.2, 0) is 0 Å². The van der Waals surface area contributed by atoms with E-state index in [2.05, 4.69) is 13.8 Å². The highest BCUT2D eigenvalue weighted by Crippen LogP contribution is 2.30. The average molecular weight is 232 g/mol. The molecule has 86 valence electrons. The van der Waals surface area contributed by atoms with Crippen molar-refractivity contribution < 1.29 is 10.2 Å². The number of rotatable bonds is 3. The van der Waals surface area contributed by atoms with Crippen LogP contribution in [0.5, 0.6) is 11.5 Å². The summed E-state index contributed by atoms with van der Waals surface area (Å²) in [5.41, 5.74) is 6.83. The van der Waals surface area contributed by atoms with E-state index in [1.807, 2.05) is 0 Å². The van der Waals surface area contributed by atoms with Crippen molar-refractivity contribution in [1.82, 2.24) is 0 Å². The fraction of sp³-hybridized carbons (Fsp3) is 0.455. The summed E-state index contributed by atoms with van der Waals surface area (Å²) in [7, 11) is 0. The van der Waals surface area contributed by atoms with E-state index in [9.17, 15) is 5.11 Å². The van der Waals surface area contributed by atoms with E-state index in [-0.39, 0.29) is 29.9 Å². The first-order valence-electron chi connectivity index (χ1n) is 4.83. The van der Waals surface area contributed by atoms with E-state index in [1.165, 1.54) is 12.1 Å². The van der Waals surface area contributed by atoms with E-state index < -0.39 is 0 Å². The van der Waals surface area contributed by atoms with Crippen LogP contribution < -0.4 is 5.73 Å². The average Bonchev–Trinajstić information content (AvgIpc) is 2.20. The SMILES string of the molecule is CCC(C)[C@H](N)c1ccc(O)c(O)c1.Cl.